The van der Waals surface area contributed by atoms with Crippen molar-refractivity contribution in [2.45, 2.75) is 32.4 Å². The lowest BCUT2D eigenvalue weighted by Gasteiger charge is -2.35. The fourth-order valence-corrected chi connectivity index (χ4v) is 3.35. The van der Waals surface area contributed by atoms with E-state index in [1.165, 1.54) is 12.8 Å². The third kappa shape index (κ3) is 3.77. The zero-order valence-corrected chi connectivity index (χ0v) is 14.8. The van der Waals surface area contributed by atoms with E-state index in [-0.39, 0.29) is 0 Å². The van der Waals surface area contributed by atoms with Crippen molar-refractivity contribution >= 4 is 11.6 Å². The van der Waals surface area contributed by atoms with Gasteiger partial charge in [0.05, 0.1) is 16.3 Å². The number of halogens is 1. The zero-order chi connectivity index (χ0) is 16.4. The number of hydrogen-bond donors (Lipinski definition) is 0. The zero-order valence-electron chi connectivity index (χ0n) is 14.1. The van der Waals surface area contributed by atoms with Gasteiger partial charge in [-0.15, -0.1) is 0 Å². The van der Waals surface area contributed by atoms with Crippen molar-refractivity contribution in [1.29, 1.82) is 0 Å². The molecular weight excluding hydrogens is 310 g/mol. The number of hydrogen-bond acceptors (Lipinski definition) is 4. The number of oxazole rings is 1. The molecule has 2 heterocycles. The third-order valence-electron chi connectivity index (χ3n) is 4.58. The number of likely N-dealkylation sites (N-methyl/N-ethyl adjacent to an activating group) is 1. The summed E-state index contributed by atoms with van der Waals surface area (Å²) in [5.74, 6) is 1.50. The average Bonchev–Trinajstić information content (AvgIpc) is 2.89. The molecular formula is C18H24ClN3O. The summed E-state index contributed by atoms with van der Waals surface area (Å²) in [7, 11) is 4.32. The van der Waals surface area contributed by atoms with Crippen LogP contribution >= 0.6 is 11.6 Å². The van der Waals surface area contributed by atoms with Gasteiger partial charge in [0.15, 0.2) is 0 Å². The van der Waals surface area contributed by atoms with Gasteiger partial charge in [-0.05, 0) is 52.5 Å². The van der Waals surface area contributed by atoms with Crippen LogP contribution in [0.1, 0.15) is 24.3 Å². The van der Waals surface area contributed by atoms with Crippen molar-refractivity contribution in [3.8, 4) is 11.5 Å². The Bertz CT molecular complexity index is 668. The van der Waals surface area contributed by atoms with Crippen LogP contribution in [0.3, 0.4) is 0 Å². The van der Waals surface area contributed by atoms with Gasteiger partial charge in [0, 0.05) is 19.1 Å². The molecule has 0 amide bonds. The second kappa shape index (κ2) is 7.04. The highest BCUT2D eigenvalue weighted by molar-refractivity contribution is 6.33. The van der Waals surface area contributed by atoms with Crippen molar-refractivity contribution in [2.24, 2.45) is 0 Å². The third-order valence-corrected chi connectivity index (χ3v) is 4.91. The van der Waals surface area contributed by atoms with Gasteiger partial charge in [-0.3, -0.25) is 4.90 Å². The second-order valence-electron chi connectivity index (χ2n) is 6.50. The molecule has 0 bridgehead atoms. The lowest BCUT2D eigenvalue weighted by Crippen LogP contribution is -2.44. The van der Waals surface area contributed by atoms with Gasteiger partial charge in [0.1, 0.15) is 5.76 Å². The van der Waals surface area contributed by atoms with Crippen LogP contribution in [0, 0.1) is 6.92 Å². The molecule has 124 valence electrons. The summed E-state index contributed by atoms with van der Waals surface area (Å²) in [6, 6.07) is 8.30. The predicted molar refractivity (Wildman–Crippen MR) is 93.7 cm³/mol. The minimum absolute atomic E-state index is 0.615. The Hall–Kier alpha value is -1.36. The van der Waals surface area contributed by atoms with Gasteiger partial charge in [-0.1, -0.05) is 23.7 Å². The molecule has 1 aliphatic heterocycles. The van der Waals surface area contributed by atoms with Crippen LogP contribution in [0.2, 0.25) is 5.02 Å². The van der Waals surface area contributed by atoms with E-state index in [9.17, 15) is 0 Å². The Morgan fingerprint density at radius 3 is 2.87 bits per heavy atom. The van der Waals surface area contributed by atoms with Gasteiger partial charge in [-0.25, -0.2) is 4.98 Å². The van der Waals surface area contributed by atoms with Gasteiger partial charge in [-0.2, -0.15) is 0 Å². The van der Waals surface area contributed by atoms with Crippen molar-refractivity contribution in [2.75, 3.05) is 27.2 Å². The van der Waals surface area contributed by atoms with Gasteiger partial charge >= 0.3 is 0 Å². The standard InChI is InChI=1S/C18H24ClN3O/c1-13-17(12-22-10-6-7-14(11-22)21(2)3)20-18(23-13)15-8-4-5-9-16(15)19/h4-5,8-9,14H,6-7,10-12H2,1-3H3/t14-/m0/s1. The maximum atomic E-state index is 6.25. The summed E-state index contributed by atoms with van der Waals surface area (Å²) in [4.78, 5) is 9.48. The van der Waals surface area contributed by atoms with Crippen molar-refractivity contribution < 1.29 is 4.42 Å². The number of likely N-dealkylation sites (tertiary alicyclic amines) is 1. The Labute approximate surface area is 143 Å². The summed E-state index contributed by atoms with van der Waals surface area (Å²) >= 11 is 6.25. The fourth-order valence-electron chi connectivity index (χ4n) is 3.13. The SMILES string of the molecule is Cc1oc(-c2ccccc2Cl)nc1CN1CCC[C@H](N(C)C)C1. The maximum absolute atomic E-state index is 6.25. The number of aryl methyl sites for hydroxylation is 1. The van der Waals surface area contributed by atoms with Crippen molar-refractivity contribution in [3.63, 3.8) is 0 Å². The predicted octanol–water partition coefficient (Wildman–Crippen LogP) is 3.83. The highest BCUT2D eigenvalue weighted by atomic mass is 35.5. The largest absolute Gasteiger partial charge is 0.441 e. The normalized spacial score (nSPS) is 19.4. The molecule has 1 atom stereocenters. The Kier molecular flexibility index (Phi) is 5.05. The minimum atomic E-state index is 0.615. The summed E-state index contributed by atoms with van der Waals surface area (Å²) in [5, 5.41) is 0.672. The molecule has 5 heteroatoms. The summed E-state index contributed by atoms with van der Waals surface area (Å²) in [6.45, 7) is 5.03. The first-order valence-electron chi connectivity index (χ1n) is 8.14. The van der Waals surface area contributed by atoms with Crippen LogP contribution < -0.4 is 0 Å². The van der Waals surface area contributed by atoms with Crippen molar-refractivity contribution in [3.05, 3.63) is 40.7 Å². The number of rotatable bonds is 4. The van der Waals surface area contributed by atoms with Crippen molar-refractivity contribution in [1.82, 2.24) is 14.8 Å². The number of piperidine rings is 1. The molecule has 3 rings (SSSR count). The van der Waals surface area contributed by atoms with Crippen LogP contribution in [-0.2, 0) is 6.54 Å². The van der Waals surface area contributed by atoms with E-state index in [1.807, 2.05) is 31.2 Å². The monoisotopic (exact) mass is 333 g/mol. The van der Waals surface area contributed by atoms with E-state index in [0.717, 1.165) is 36.7 Å². The van der Waals surface area contributed by atoms with E-state index in [0.29, 0.717) is 17.0 Å². The molecule has 0 unspecified atom stereocenters. The smallest absolute Gasteiger partial charge is 0.228 e. The number of benzene rings is 1. The molecule has 0 aliphatic carbocycles. The van der Waals surface area contributed by atoms with Crippen LogP contribution in [0.15, 0.2) is 28.7 Å². The average molecular weight is 334 g/mol. The molecule has 1 aromatic carbocycles. The lowest BCUT2D eigenvalue weighted by molar-refractivity contribution is 0.126. The molecule has 0 spiro atoms. The quantitative estimate of drug-likeness (QED) is 0.851. The first-order valence-corrected chi connectivity index (χ1v) is 8.52. The molecule has 1 fully saturated rings. The van der Waals surface area contributed by atoms with E-state index in [1.54, 1.807) is 0 Å². The molecule has 1 aliphatic rings. The molecule has 2 aromatic rings. The molecule has 0 radical (unpaired) electrons. The van der Waals surface area contributed by atoms with Crippen LogP contribution in [0.4, 0.5) is 0 Å². The highest BCUT2D eigenvalue weighted by Crippen LogP contribution is 2.29. The topological polar surface area (TPSA) is 32.5 Å². The van der Waals surface area contributed by atoms with Gasteiger partial charge in [0.2, 0.25) is 5.89 Å². The van der Waals surface area contributed by atoms with E-state index in [4.69, 9.17) is 21.0 Å². The van der Waals surface area contributed by atoms with Crippen LogP contribution in [0.25, 0.3) is 11.5 Å². The van der Waals surface area contributed by atoms with E-state index in [2.05, 4.69) is 23.9 Å². The van der Waals surface area contributed by atoms with Crippen LogP contribution in [0.5, 0.6) is 0 Å². The maximum Gasteiger partial charge on any atom is 0.228 e. The summed E-state index contributed by atoms with van der Waals surface area (Å²) in [6.07, 6.45) is 2.50. The Balaban J connectivity index is 1.75. The van der Waals surface area contributed by atoms with Crippen LogP contribution in [-0.4, -0.2) is 48.0 Å². The van der Waals surface area contributed by atoms with E-state index < -0.39 is 0 Å². The van der Waals surface area contributed by atoms with E-state index >= 15 is 0 Å². The summed E-state index contributed by atoms with van der Waals surface area (Å²) < 4.78 is 5.86. The minimum Gasteiger partial charge on any atom is -0.441 e. The lowest BCUT2D eigenvalue weighted by atomic mass is 10.0. The molecule has 0 N–H and O–H groups in total. The fraction of sp³-hybridized carbons (Fsp3) is 0.500. The van der Waals surface area contributed by atoms with Gasteiger partial charge < -0.3 is 9.32 Å². The van der Waals surface area contributed by atoms with Gasteiger partial charge in [0.25, 0.3) is 0 Å². The number of nitrogens with zero attached hydrogens (tertiary/aromatic N) is 3. The molecule has 1 aromatic heterocycles. The molecule has 4 nitrogen and oxygen atoms in total. The first kappa shape index (κ1) is 16.5. The Morgan fingerprint density at radius 2 is 2.13 bits per heavy atom. The first-order chi connectivity index (χ1) is 11.0. The number of aromatic nitrogens is 1. The molecule has 23 heavy (non-hydrogen) atoms. The molecule has 1 saturated heterocycles. The Morgan fingerprint density at radius 1 is 1.35 bits per heavy atom. The second-order valence-corrected chi connectivity index (χ2v) is 6.90. The highest BCUT2D eigenvalue weighted by Gasteiger charge is 2.23. The summed E-state index contributed by atoms with van der Waals surface area (Å²) in [5.41, 5.74) is 1.87. The molecule has 0 saturated carbocycles.